The second kappa shape index (κ2) is 7.90. The zero-order chi connectivity index (χ0) is 19.7. The summed E-state index contributed by atoms with van der Waals surface area (Å²) in [4.78, 5) is 13.7. The number of thioether (sulfide) groups is 1. The Kier molecular flexibility index (Phi) is 5.33. The van der Waals surface area contributed by atoms with Gasteiger partial charge in [0.25, 0.3) is 0 Å². The second-order valence-corrected chi connectivity index (χ2v) is 8.55. The SMILES string of the molecule is CCn1c2ccccc2c2cc(NC(=O)[C@@H](C)Sc3ccc(Cl)cc3)ccc21. The molecule has 0 bridgehead atoms. The Balaban J connectivity index is 1.58. The van der Waals surface area contributed by atoms with E-state index in [1.165, 1.54) is 28.2 Å². The van der Waals surface area contributed by atoms with Crippen LogP contribution in [0.3, 0.4) is 0 Å². The Bertz CT molecular complexity index is 1150. The molecular weight excluding hydrogens is 388 g/mol. The molecule has 0 unspecified atom stereocenters. The maximum Gasteiger partial charge on any atom is 0.237 e. The highest BCUT2D eigenvalue weighted by Gasteiger charge is 2.16. The van der Waals surface area contributed by atoms with E-state index >= 15 is 0 Å². The predicted octanol–water partition coefficient (Wildman–Crippen LogP) is 6.59. The highest BCUT2D eigenvalue weighted by atomic mass is 35.5. The number of hydrogen-bond acceptors (Lipinski definition) is 2. The van der Waals surface area contributed by atoms with Crippen LogP contribution in [0.15, 0.2) is 71.6 Å². The summed E-state index contributed by atoms with van der Waals surface area (Å²) in [5.41, 5.74) is 3.22. The third kappa shape index (κ3) is 3.62. The number of benzene rings is 3. The molecular formula is C23H21ClN2OS. The molecule has 0 radical (unpaired) electrons. The van der Waals surface area contributed by atoms with Gasteiger partial charge in [-0.3, -0.25) is 4.79 Å². The average molecular weight is 409 g/mol. The number of fused-ring (bicyclic) bond motifs is 3. The van der Waals surface area contributed by atoms with Crippen LogP contribution in [0.1, 0.15) is 13.8 Å². The lowest BCUT2D eigenvalue weighted by Crippen LogP contribution is -2.22. The van der Waals surface area contributed by atoms with Crippen LogP contribution in [0.5, 0.6) is 0 Å². The molecule has 0 saturated carbocycles. The number of nitrogens with one attached hydrogen (secondary N) is 1. The molecule has 0 saturated heterocycles. The fourth-order valence-corrected chi connectivity index (χ4v) is 4.48. The van der Waals surface area contributed by atoms with Gasteiger partial charge in [0.15, 0.2) is 0 Å². The van der Waals surface area contributed by atoms with Crippen molar-refractivity contribution in [3.05, 3.63) is 71.8 Å². The number of halogens is 1. The van der Waals surface area contributed by atoms with Crippen LogP contribution < -0.4 is 5.32 Å². The van der Waals surface area contributed by atoms with Gasteiger partial charge in [0.1, 0.15) is 0 Å². The van der Waals surface area contributed by atoms with E-state index in [1.807, 2.05) is 37.3 Å². The molecule has 1 aromatic heterocycles. The number of nitrogens with zero attached hydrogens (tertiary/aromatic N) is 1. The minimum Gasteiger partial charge on any atom is -0.341 e. The van der Waals surface area contributed by atoms with E-state index in [1.54, 1.807) is 0 Å². The molecule has 3 aromatic carbocycles. The summed E-state index contributed by atoms with van der Waals surface area (Å²) >= 11 is 7.45. The number of anilines is 1. The first-order valence-corrected chi connectivity index (χ1v) is 10.6. The van der Waals surface area contributed by atoms with Crippen molar-refractivity contribution in [2.45, 2.75) is 30.5 Å². The van der Waals surface area contributed by atoms with Gasteiger partial charge in [0.05, 0.1) is 5.25 Å². The van der Waals surface area contributed by atoms with Crippen molar-refractivity contribution in [1.82, 2.24) is 4.57 Å². The lowest BCUT2D eigenvalue weighted by molar-refractivity contribution is -0.115. The van der Waals surface area contributed by atoms with E-state index in [2.05, 4.69) is 53.2 Å². The fourth-order valence-electron chi connectivity index (χ4n) is 3.49. The molecule has 0 spiro atoms. The number of aromatic nitrogens is 1. The third-order valence-electron chi connectivity index (χ3n) is 4.85. The second-order valence-electron chi connectivity index (χ2n) is 6.70. The summed E-state index contributed by atoms with van der Waals surface area (Å²) < 4.78 is 2.30. The van der Waals surface area contributed by atoms with E-state index in [0.29, 0.717) is 5.02 Å². The number of carbonyl (C=O) groups is 1. The van der Waals surface area contributed by atoms with E-state index in [0.717, 1.165) is 22.5 Å². The number of carbonyl (C=O) groups excluding carboxylic acids is 1. The summed E-state index contributed by atoms with van der Waals surface area (Å²) in [6.07, 6.45) is 0. The van der Waals surface area contributed by atoms with Gasteiger partial charge in [-0.1, -0.05) is 29.8 Å². The van der Waals surface area contributed by atoms with Gasteiger partial charge in [0, 0.05) is 44.0 Å². The van der Waals surface area contributed by atoms with Crippen LogP contribution >= 0.6 is 23.4 Å². The zero-order valence-corrected chi connectivity index (χ0v) is 17.3. The molecule has 4 rings (SSSR count). The number of hydrogen-bond donors (Lipinski definition) is 1. The van der Waals surface area contributed by atoms with E-state index in [9.17, 15) is 4.79 Å². The molecule has 1 N–H and O–H groups in total. The van der Waals surface area contributed by atoms with Gasteiger partial charge < -0.3 is 9.88 Å². The molecule has 3 nitrogen and oxygen atoms in total. The fraction of sp³-hybridized carbons (Fsp3) is 0.174. The van der Waals surface area contributed by atoms with Gasteiger partial charge in [-0.15, -0.1) is 11.8 Å². The highest BCUT2D eigenvalue weighted by Crippen LogP contribution is 2.31. The summed E-state index contributed by atoms with van der Waals surface area (Å²) in [5.74, 6) is -0.0153. The topological polar surface area (TPSA) is 34.0 Å². The standard InChI is InChI=1S/C23H21ClN2OS/c1-3-26-21-7-5-4-6-19(21)20-14-17(10-13-22(20)26)25-23(27)15(2)28-18-11-8-16(24)9-12-18/h4-15H,3H2,1-2H3,(H,25,27)/t15-/m1/s1. The Morgan fingerprint density at radius 3 is 2.50 bits per heavy atom. The van der Waals surface area contributed by atoms with E-state index < -0.39 is 0 Å². The molecule has 28 heavy (non-hydrogen) atoms. The first kappa shape index (κ1) is 18.9. The summed E-state index contributed by atoms with van der Waals surface area (Å²) in [5, 5.41) is 5.91. The van der Waals surface area contributed by atoms with E-state index in [4.69, 9.17) is 11.6 Å². The number of aryl methyl sites for hydroxylation is 1. The monoisotopic (exact) mass is 408 g/mol. The summed E-state index contributed by atoms with van der Waals surface area (Å²) in [6, 6.07) is 22.1. The minimum absolute atomic E-state index is 0.0153. The van der Waals surface area contributed by atoms with Crippen molar-refractivity contribution < 1.29 is 4.79 Å². The quantitative estimate of drug-likeness (QED) is 0.378. The number of rotatable bonds is 5. The largest absolute Gasteiger partial charge is 0.341 e. The molecule has 0 aliphatic carbocycles. The van der Waals surface area contributed by atoms with Crippen molar-refractivity contribution >= 4 is 56.8 Å². The Labute approximate surface area is 173 Å². The normalized spacial score (nSPS) is 12.4. The van der Waals surface area contributed by atoms with Crippen LogP contribution in [-0.2, 0) is 11.3 Å². The lowest BCUT2D eigenvalue weighted by Gasteiger charge is -2.12. The van der Waals surface area contributed by atoms with Crippen molar-refractivity contribution in [3.63, 3.8) is 0 Å². The average Bonchev–Trinajstić information content (AvgIpc) is 3.02. The molecule has 0 fully saturated rings. The molecule has 5 heteroatoms. The van der Waals surface area contributed by atoms with Crippen LogP contribution in [0, 0.1) is 0 Å². The smallest absolute Gasteiger partial charge is 0.237 e. The van der Waals surface area contributed by atoms with Crippen LogP contribution in [0.25, 0.3) is 21.8 Å². The predicted molar refractivity (Wildman–Crippen MR) is 121 cm³/mol. The Hall–Kier alpha value is -2.43. The first-order valence-electron chi connectivity index (χ1n) is 9.31. The molecule has 1 heterocycles. The molecule has 4 aromatic rings. The highest BCUT2D eigenvalue weighted by molar-refractivity contribution is 8.00. The molecule has 142 valence electrons. The van der Waals surface area contributed by atoms with Gasteiger partial charge in [-0.05, 0) is 62.4 Å². The maximum absolute atomic E-state index is 12.7. The Morgan fingerprint density at radius 2 is 1.75 bits per heavy atom. The van der Waals surface area contributed by atoms with Gasteiger partial charge in [-0.25, -0.2) is 0 Å². The molecule has 1 amide bonds. The van der Waals surface area contributed by atoms with Crippen molar-refractivity contribution in [2.75, 3.05) is 5.32 Å². The third-order valence-corrected chi connectivity index (χ3v) is 6.22. The number of amides is 1. The molecule has 1 atom stereocenters. The van der Waals surface area contributed by atoms with Crippen molar-refractivity contribution in [2.24, 2.45) is 0 Å². The van der Waals surface area contributed by atoms with E-state index in [-0.39, 0.29) is 11.2 Å². The first-order chi connectivity index (χ1) is 13.6. The van der Waals surface area contributed by atoms with Crippen molar-refractivity contribution in [1.29, 1.82) is 0 Å². The van der Waals surface area contributed by atoms with Crippen LogP contribution in [0.2, 0.25) is 5.02 Å². The molecule has 0 aliphatic rings. The number of para-hydroxylation sites is 1. The van der Waals surface area contributed by atoms with Gasteiger partial charge in [0.2, 0.25) is 5.91 Å². The summed E-state index contributed by atoms with van der Waals surface area (Å²) in [6.45, 7) is 4.97. The molecule has 0 aliphatic heterocycles. The van der Waals surface area contributed by atoms with Gasteiger partial charge >= 0.3 is 0 Å². The van der Waals surface area contributed by atoms with Crippen LogP contribution in [0.4, 0.5) is 5.69 Å². The lowest BCUT2D eigenvalue weighted by atomic mass is 10.1. The summed E-state index contributed by atoms with van der Waals surface area (Å²) in [7, 11) is 0. The van der Waals surface area contributed by atoms with Crippen molar-refractivity contribution in [3.8, 4) is 0 Å². The van der Waals surface area contributed by atoms with Gasteiger partial charge in [-0.2, -0.15) is 0 Å². The minimum atomic E-state index is -0.214. The van der Waals surface area contributed by atoms with Crippen LogP contribution in [-0.4, -0.2) is 15.7 Å². The zero-order valence-electron chi connectivity index (χ0n) is 15.8. The Morgan fingerprint density at radius 1 is 1.04 bits per heavy atom. The maximum atomic E-state index is 12.7.